The lowest BCUT2D eigenvalue weighted by Crippen LogP contribution is -2.42. The molecule has 1 rings (SSSR count). The number of aliphatic imine (C=N–C) groups is 1. The van der Waals surface area contributed by atoms with E-state index in [1.807, 2.05) is 0 Å². The predicted molar refractivity (Wildman–Crippen MR) is 98.2 cm³/mol. The Morgan fingerprint density at radius 1 is 1.26 bits per heavy atom. The summed E-state index contributed by atoms with van der Waals surface area (Å²) in [6, 6.07) is 1.28. The van der Waals surface area contributed by atoms with Crippen molar-refractivity contribution >= 4 is 5.96 Å². The van der Waals surface area contributed by atoms with Gasteiger partial charge in [-0.05, 0) is 47.2 Å². The van der Waals surface area contributed by atoms with E-state index in [1.165, 1.54) is 12.8 Å². The predicted octanol–water partition coefficient (Wildman–Crippen LogP) is 0.993. The molecule has 1 saturated carbocycles. The molecule has 0 aromatic rings. The maximum absolute atomic E-state index is 5.09. The van der Waals surface area contributed by atoms with Crippen LogP contribution in [-0.4, -0.2) is 88.4 Å². The molecule has 1 aliphatic carbocycles. The molecule has 0 aromatic carbocycles. The Kier molecular flexibility index (Phi) is 10.2. The van der Waals surface area contributed by atoms with Crippen LogP contribution in [0.2, 0.25) is 0 Å². The van der Waals surface area contributed by atoms with Gasteiger partial charge in [0.2, 0.25) is 0 Å². The van der Waals surface area contributed by atoms with Crippen LogP contribution in [0.25, 0.3) is 0 Å². The standard InChI is InChI=1S/C17H37N5O/c1-6-18-17(19-10-12-21(3)11-7-13-23-5)20-14-15(2)22(4)16-8-9-16/h15-16H,6-14H2,1-5H3,(H2,18,19,20). The first-order chi connectivity index (χ1) is 11.1. The fraction of sp³-hybridized carbons (Fsp3) is 0.941. The monoisotopic (exact) mass is 327 g/mol. The maximum Gasteiger partial charge on any atom is 0.191 e. The van der Waals surface area contributed by atoms with Crippen molar-refractivity contribution in [3.8, 4) is 0 Å². The third kappa shape index (κ3) is 9.13. The third-order valence-corrected chi connectivity index (χ3v) is 4.35. The van der Waals surface area contributed by atoms with Crippen molar-refractivity contribution in [1.82, 2.24) is 20.4 Å². The molecule has 0 aliphatic heterocycles. The minimum atomic E-state index is 0.495. The van der Waals surface area contributed by atoms with Gasteiger partial charge in [-0.15, -0.1) is 0 Å². The van der Waals surface area contributed by atoms with E-state index >= 15 is 0 Å². The highest BCUT2D eigenvalue weighted by atomic mass is 16.5. The van der Waals surface area contributed by atoms with Gasteiger partial charge in [0.05, 0.1) is 6.54 Å². The minimum absolute atomic E-state index is 0.495. The molecular formula is C17H37N5O. The Morgan fingerprint density at radius 2 is 2.00 bits per heavy atom. The summed E-state index contributed by atoms with van der Waals surface area (Å²) in [6.07, 6.45) is 3.77. The van der Waals surface area contributed by atoms with E-state index in [1.54, 1.807) is 7.11 Å². The first-order valence-corrected chi connectivity index (χ1v) is 9.00. The van der Waals surface area contributed by atoms with Crippen molar-refractivity contribution in [1.29, 1.82) is 0 Å². The summed E-state index contributed by atoms with van der Waals surface area (Å²) in [7, 11) is 6.11. The highest BCUT2D eigenvalue weighted by Gasteiger charge is 2.28. The Bertz CT molecular complexity index is 333. The lowest BCUT2D eigenvalue weighted by atomic mass is 10.3. The van der Waals surface area contributed by atoms with Gasteiger partial charge in [0.1, 0.15) is 0 Å². The quantitative estimate of drug-likeness (QED) is 0.318. The second kappa shape index (κ2) is 11.6. The SMILES string of the molecule is CCNC(=NCC(C)N(C)C1CC1)NCCN(C)CCCOC. The zero-order valence-corrected chi connectivity index (χ0v) is 15.8. The van der Waals surface area contributed by atoms with Crippen molar-refractivity contribution in [2.75, 3.05) is 60.5 Å². The molecule has 1 unspecified atom stereocenters. The van der Waals surface area contributed by atoms with Gasteiger partial charge in [-0.25, -0.2) is 0 Å². The lowest BCUT2D eigenvalue weighted by Gasteiger charge is -2.23. The van der Waals surface area contributed by atoms with Crippen molar-refractivity contribution in [2.24, 2.45) is 4.99 Å². The molecule has 0 saturated heterocycles. The average molecular weight is 328 g/mol. The van der Waals surface area contributed by atoms with E-state index in [0.29, 0.717) is 6.04 Å². The first-order valence-electron chi connectivity index (χ1n) is 9.00. The summed E-state index contributed by atoms with van der Waals surface area (Å²) >= 11 is 0. The van der Waals surface area contributed by atoms with E-state index < -0.39 is 0 Å². The van der Waals surface area contributed by atoms with Crippen LogP contribution in [0.4, 0.5) is 0 Å². The summed E-state index contributed by atoms with van der Waals surface area (Å²) in [6.45, 7) is 9.89. The molecule has 0 spiro atoms. The van der Waals surface area contributed by atoms with Gasteiger partial charge >= 0.3 is 0 Å². The van der Waals surface area contributed by atoms with Gasteiger partial charge < -0.3 is 20.3 Å². The summed E-state index contributed by atoms with van der Waals surface area (Å²) < 4.78 is 5.09. The number of guanidine groups is 1. The minimum Gasteiger partial charge on any atom is -0.385 e. The normalized spacial score (nSPS) is 16.9. The molecule has 23 heavy (non-hydrogen) atoms. The van der Waals surface area contributed by atoms with Crippen molar-refractivity contribution in [3.63, 3.8) is 0 Å². The van der Waals surface area contributed by atoms with Gasteiger partial charge in [0, 0.05) is 52.0 Å². The molecule has 0 bridgehead atoms. The number of rotatable bonds is 12. The highest BCUT2D eigenvalue weighted by Crippen LogP contribution is 2.26. The lowest BCUT2D eigenvalue weighted by molar-refractivity contribution is 0.180. The number of nitrogens with one attached hydrogen (secondary N) is 2. The van der Waals surface area contributed by atoms with E-state index in [9.17, 15) is 0 Å². The molecule has 1 fully saturated rings. The topological polar surface area (TPSA) is 52.1 Å². The molecule has 6 nitrogen and oxygen atoms in total. The van der Waals surface area contributed by atoms with Crippen LogP contribution < -0.4 is 10.6 Å². The van der Waals surface area contributed by atoms with Gasteiger partial charge in [0.25, 0.3) is 0 Å². The van der Waals surface area contributed by atoms with Crippen LogP contribution in [0.5, 0.6) is 0 Å². The van der Waals surface area contributed by atoms with E-state index in [2.05, 4.69) is 48.4 Å². The zero-order chi connectivity index (χ0) is 17.1. The van der Waals surface area contributed by atoms with Crippen molar-refractivity contribution in [2.45, 2.75) is 45.2 Å². The van der Waals surface area contributed by atoms with E-state index in [4.69, 9.17) is 9.73 Å². The van der Waals surface area contributed by atoms with Crippen molar-refractivity contribution < 1.29 is 4.74 Å². The number of ether oxygens (including phenoxy) is 1. The summed E-state index contributed by atoms with van der Waals surface area (Å²) in [5.41, 5.74) is 0. The highest BCUT2D eigenvalue weighted by molar-refractivity contribution is 5.79. The zero-order valence-electron chi connectivity index (χ0n) is 15.8. The molecule has 1 aliphatic rings. The first kappa shape index (κ1) is 20.2. The Labute approximate surface area is 142 Å². The molecule has 0 amide bonds. The number of hydrogen-bond acceptors (Lipinski definition) is 4. The Hall–Kier alpha value is -0.850. The van der Waals surface area contributed by atoms with Crippen LogP contribution >= 0.6 is 0 Å². The van der Waals surface area contributed by atoms with Gasteiger partial charge in [-0.2, -0.15) is 0 Å². The van der Waals surface area contributed by atoms with Crippen molar-refractivity contribution in [3.05, 3.63) is 0 Å². The molecule has 136 valence electrons. The van der Waals surface area contributed by atoms with Crippen LogP contribution in [0, 0.1) is 0 Å². The second-order valence-corrected chi connectivity index (χ2v) is 6.54. The molecule has 0 heterocycles. The summed E-state index contributed by atoms with van der Waals surface area (Å²) in [4.78, 5) is 9.50. The Balaban J connectivity index is 2.25. The van der Waals surface area contributed by atoms with Gasteiger partial charge in [0.15, 0.2) is 5.96 Å². The number of hydrogen-bond donors (Lipinski definition) is 2. The van der Waals surface area contributed by atoms with Crippen LogP contribution in [0.15, 0.2) is 4.99 Å². The molecule has 0 radical (unpaired) electrons. The molecule has 2 N–H and O–H groups in total. The Morgan fingerprint density at radius 3 is 2.61 bits per heavy atom. The van der Waals surface area contributed by atoms with E-state index in [-0.39, 0.29) is 0 Å². The third-order valence-electron chi connectivity index (χ3n) is 4.35. The second-order valence-electron chi connectivity index (χ2n) is 6.54. The molecule has 6 heteroatoms. The van der Waals surface area contributed by atoms with Gasteiger partial charge in [-0.3, -0.25) is 9.89 Å². The average Bonchev–Trinajstić information content (AvgIpc) is 3.36. The summed E-state index contributed by atoms with van der Waals surface area (Å²) in [5, 5.41) is 6.76. The number of nitrogens with zero attached hydrogens (tertiary/aromatic N) is 3. The van der Waals surface area contributed by atoms with Crippen LogP contribution in [-0.2, 0) is 4.74 Å². The van der Waals surface area contributed by atoms with E-state index in [0.717, 1.165) is 57.8 Å². The molecule has 1 atom stereocenters. The number of likely N-dealkylation sites (N-methyl/N-ethyl adjacent to an activating group) is 2. The maximum atomic E-state index is 5.09. The fourth-order valence-electron chi connectivity index (χ4n) is 2.49. The summed E-state index contributed by atoms with van der Waals surface area (Å²) in [5.74, 6) is 0.925. The molecule has 0 aromatic heterocycles. The fourth-order valence-corrected chi connectivity index (χ4v) is 2.49. The van der Waals surface area contributed by atoms with Crippen LogP contribution in [0.3, 0.4) is 0 Å². The smallest absolute Gasteiger partial charge is 0.191 e. The number of methoxy groups -OCH3 is 1. The largest absolute Gasteiger partial charge is 0.385 e. The van der Waals surface area contributed by atoms with Gasteiger partial charge in [-0.1, -0.05) is 0 Å². The molecular weight excluding hydrogens is 290 g/mol. The van der Waals surface area contributed by atoms with Crippen LogP contribution in [0.1, 0.15) is 33.1 Å².